The predicted molar refractivity (Wildman–Crippen MR) is 214 cm³/mol. The Morgan fingerprint density at radius 2 is 0.800 bits per heavy atom. The van der Waals surface area contributed by atoms with Gasteiger partial charge in [0.1, 0.15) is 48.8 Å². The van der Waals surface area contributed by atoms with Crippen molar-refractivity contribution in [2.45, 2.75) is 86.1 Å². The fourth-order valence-electron chi connectivity index (χ4n) is 6.64. The maximum Gasteiger partial charge on any atom is 0.264 e. The van der Waals surface area contributed by atoms with Crippen LogP contribution >= 0.6 is 0 Å². The molecule has 0 unspecified atom stereocenters. The Morgan fingerprint density at radius 3 is 1.08 bits per heavy atom. The molecule has 2 aromatic rings. The Morgan fingerprint density at radius 1 is 0.500 bits per heavy atom. The van der Waals surface area contributed by atoms with Crippen molar-refractivity contribution in [1.82, 2.24) is 0 Å². The van der Waals surface area contributed by atoms with Crippen LogP contribution in [0.25, 0.3) is 0 Å². The Balaban J connectivity index is 0.000000228. The molecule has 340 valence electrons. The quantitative estimate of drug-likeness (QED) is 0.234. The highest BCUT2D eigenvalue weighted by molar-refractivity contribution is 7.87. The van der Waals surface area contributed by atoms with E-state index in [-0.39, 0.29) is 24.7 Å². The van der Waals surface area contributed by atoms with Gasteiger partial charge in [0, 0.05) is 22.6 Å². The minimum Gasteiger partial charge on any atom is -0.354 e. The molecular weight excluding hydrogens is 921 g/mol. The van der Waals surface area contributed by atoms with Crippen molar-refractivity contribution in [2.75, 3.05) is 49.7 Å². The predicted octanol–water partition coefficient (Wildman–Crippen LogP) is 0.567. The van der Waals surface area contributed by atoms with Gasteiger partial charge in [0.15, 0.2) is 23.5 Å². The van der Waals surface area contributed by atoms with Crippen LogP contribution < -0.4 is 0 Å². The first kappa shape index (κ1) is 49.2. The molecule has 14 atom stereocenters. The normalized spacial score (nSPS) is 33.6. The third kappa shape index (κ3) is 13.6. The highest BCUT2D eigenvalue weighted by Gasteiger charge is 2.56. The standard InChI is InChI=1S/2C17H24O10S3/c2*1-4-28(18)17-15(27-30(3,21)22)14(26-29(2,19)20)13-12(24-17)10-23-16(25-13)11-8-6-5-7-9-11/h2*5-9,12-17H,4,10H2,1-3H3/t2*12-,13-,14+,15-,16-,17+,28-/m11/s1. The Kier molecular flexibility index (Phi) is 16.6. The molecule has 20 nitrogen and oxygen atoms in total. The number of fused-ring (bicyclic) bond motifs is 2. The average Bonchev–Trinajstić information content (AvgIpc) is 3.17. The van der Waals surface area contributed by atoms with Gasteiger partial charge in [0.25, 0.3) is 40.5 Å². The summed E-state index contributed by atoms with van der Waals surface area (Å²) in [7, 11) is -19.6. The molecule has 0 aromatic heterocycles. The minimum atomic E-state index is -4.07. The summed E-state index contributed by atoms with van der Waals surface area (Å²) in [4.78, 5) is 0. The van der Waals surface area contributed by atoms with Crippen molar-refractivity contribution < 1.29 is 87.2 Å². The maximum absolute atomic E-state index is 12.6. The first-order chi connectivity index (χ1) is 28.0. The minimum absolute atomic E-state index is 0.00312. The molecule has 0 spiro atoms. The maximum atomic E-state index is 12.6. The van der Waals surface area contributed by atoms with E-state index in [0.717, 1.165) is 25.0 Å². The van der Waals surface area contributed by atoms with E-state index in [1.807, 2.05) is 12.1 Å². The van der Waals surface area contributed by atoms with Gasteiger partial charge in [-0.05, 0) is 0 Å². The molecule has 0 N–H and O–H groups in total. The first-order valence-corrected chi connectivity index (χ1v) is 28.2. The first-order valence-electron chi connectivity index (χ1n) is 18.2. The van der Waals surface area contributed by atoms with E-state index in [0.29, 0.717) is 11.1 Å². The van der Waals surface area contributed by atoms with Gasteiger partial charge in [-0.2, -0.15) is 33.7 Å². The summed E-state index contributed by atoms with van der Waals surface area (Å²) >= 11 is 0. The van der Waals surface area contributed by atoms with Crippen molar-refractivity contribution in [3.05, 3.63) is 71.8 Å². The molecule has 4 aliphatic rings. The second kappa shape index (κ2) is 20.3. The monoisotopic (exact) mass is 968 g/mol. The van der Waals surface area contributed by atoms with Crippen molar-refractivity contribution in [3.8, 4) is 0 Å². The van der Waals surface area contributed by atoms with Gasteiger partial charge in [0.2, 0.25) is 0 Å². The molecule has 4 aliphatic heterocycles. The fraction of sp³-hybridized carbons (Fsp3) is 0.647. The lowest BCUT2D eigenvalue weighted by atomic mass is 9.99. The number of benzene rings is 2. The lowest BCUT2D eigenvalue weighted by Crippen LogP contribution is -2.64. The van der Waals surface area contributed by atoms with Crippen LogP contribution in [0.3, 0.4) is 0 Å². The van der Waals surface area contributed by atoms with Crippen LogP contribution in [0.5, 0.6) is 0 Å². The SMILES string of the molecule is CC[S@@](=O)[C@@H]1O[C@@H]2CO[C@@H](c3ccccc3)O[C@H]2[C@H](OS(C)(=O)=O)[C@H]1OS(C)(=O)=O.CC[S@@](=O)[C@@H]1O[C@@H]2CO[C@@H](c3ccccc3)O[C@H]2[C@H](OS(C)(=O)=O)[C@H]1OS(C)(=O)=O. The van der Waals surface area contributed by atoms with Gasteiger partial charge in [0.05, 0.1) is 59.8 Å². The summed E-state index contributed by atoms with van der Waals surface area (Å²) in [5.74, 6) is 0.261. The summed E-state index contributed by atoms with van der Waals surface area (Å²) in [6, 6.07) is 17.8. The third-order valence-corrected chi connectivity index (χ3v) is 14.2. The van der Waals surface area contributed by atoms with Gasteiger partial charge in [-0.25, -0.2) is 0 Å². The lowest BCUT2D eigenvalue weighted by Gasteiger charge is -2.47. The Bertz CT molecular complexity index is 2090. The summed E-state index contributed by atoms with van der Waals surface area (Å²) < 4.78 is 176. The van der Waals surface area contributed by atoms with Crippen LogP contribution in [-0.4, -0.2) is 152 Å². The molecule has 26 heteroatoms. The van der Waals surface area contributed by atoms with Crippen molar-refractivity contribution >= 4 is 62.1 Å². The zero-order chi connectivity index (χ0) is 44.2. The summed E-state index contributed by atoms with van der Waals surface area (Å²) in [5.41, 5.74) is -1.15. The topological polar surface area (TPSA) is 263 Å². The van der Waals surface area contributed by atoms with Crippen molar-refractivity contribution in [2.24, 2.45) is 0 Å². The number of rotatable bonds is 14. The van der Waals surface area contributed by atoms with E-state index in [9.17, 15) is 42.1 Å². The molecule has 4 heterocycles. The van der Waals surface area contributed by atoms with Gasteiger partial charge in [-0.3, -0.25) is 25.2 Å². The fourth-order valence-corrected chi connectivity index (χ4v) is 11.5. The van der Waals surface area contributed by atoms with Gasteiger partial charge in [-0.1, -0.05) is 74.5 Å². The molecule has 0 amide bonds. The highest BCUT2D eigenvalue weighted by atomic mass is 32.2. The molecule has 4 fully saturated rings. The zero-order valence-corrected chi connectivity index (χ0v) is 38.0. The molecular formula is C34H48O20S6. The molecule has 2 aromatic carbocycles. The molecule has 0 saturated carbocycles. The van der Waals surface area contributed by atoms with Crippen LogP contribution in [0.2, 0.25) is 0 Å². The molecule has 0 aliphatic carbocycles. The van der Waals surface area contributed by atoms with E-state index in [2.05, 4.69) is 0 Å². The smallest absolute Gasteiger partial charge is 0.264 e. The Labute approximate surface area is 355 Å². The van der Waals surface area contributed by atoms with E-state index in [4.69, 9.17) is 45.2 Å². The van der Waals surface area contributed by atoms with Gasteiger partial charge >= 0.3 is 0 Å². The molecule has 60 heavy (non-hydrogen) atoms. The second-order valence-corrected chi connectivity index (χ2v) is 23.8. The molecule has 6 rings (SSSR count). The van der Waals surface area contributed by atoms with Crippen LogP contribution in [0.4, 0.5) is 0 Å². The zero-order valence-electron chi connectivity index (χ0n) is 33.1. The summed E-state index contributed by atoms with van der Waals surface area (Å²) in [6.07, 6.45) is -8.02. The van der Waals surface area contributed by atoms with Gasteiger partial charge < -0.3 is 28.4 Å². The molecule has 0 bridgehead atoms. The van der Waals surface area contributed by atoms with Crippen LogP contribution in [0.1, 0.15) is 37.6 Å². The van der Waals surface area contributed by atoms with E-state index >= 15 is 0 Å². The number of ether oxygens (including phenoxy) is 6. The van der Waals surface area contributed by atoms with E-state index in [1.54, 1.807) is 62.4 Å². The summed E-state index contributed by atoms with van der Waals surface area (Å²) in [5, 5.41) is 0. The van der Waals surface area contributed by atoms with Crippen molar-refractivity contribution in [3.63, 3.8) is 0 Å². The average molecular weight is 969 g/mol. The number of hydrogen-bond donors (Lipinski definition) is 0. The summed E-state index contributed by atoms with van der Waals surface area (Å²) in [6.45, 7) is 3.23. The second-order valence-electron chi connectivity index (χ2n) is 13.8. The van der Waals surface area contributed by atoms with Crippen molar-refractivity contribution in [1.29, 1.82) is 0 Å². The Hall–Kier alpha value is -1.86. The largest absolute Gasteiger partial charge is 0.354 e. The van der Waals surface area contributed by atoms with Crippen LogP contribution in [0.15, 0.2) is 60.7 Å². The van der Waals surface area contributed by atoms with E-state index < -0.39 is 134 Å². The highest BCUT2D eigenvalue weighted by Crippen LogP contribution is 2.40. The third-order valence-electron chi connectivity index (χ3n) is 8.94. The molecule has 4 saturated heterocycles. The molecule has 0 radical (unpaired) electrons. The van der Waals surface area contributed by atoms with Crippen LogP contribution in [0, 0.1) is 0 Å². The van der Waals surface area contributed by atoms with E-state index in [1.165, 1.54) is 0 Å². The van der Waals surface area contributed by atoms with Gasteiger partial charge in [-0.15, -0.1) is 0 Å². The number of hydrogen-bond acceptors (Lipinski definition) is 20. The lowest BCUT2D eigenvalue weighted by molar-refractivity contribution is -0.312. The van der Waals surface area contributed by atoms with Crippen LogP contribution in [-0.2, 0) is 107 Å².